The molecule has 0 spiro atoms. The lowest BCUT2D eigenvalue weighted by atomic mass is 10.3. The Bertz CT molecular complexity index is 553. The number of carbonyl (C=O) groups excluding carboxylic acids is 4. The molecule has 1 aliphatic heterocycles. The van der Waals surface area contributed by atoms with E-state index in [1.54, 1.807) is 0 Å². The second kappa shape index (κ2) is 11.4. The number of carbonyl (C=O) groups is 3. The summed E-state index contributed by atoms with van der Waals surface area (Å²) < 4.78 is 4.47. The Morgan fingerprint density at radius 2 is 1.68 bits per heavy atom. The van der Waals surface area contributed by atoms with Gasteiger partial charge in [0, 0.05) is 32.6 Å². The average Bonchev–Trinajstić information content (AvgIpc) is 2.61. The first-order valence-corrected chi connectivity index (χ1v) is 7.81. The predicted octanol–water partition coefficient (Wildman–Crippen LogP) is 0.147. The monoisotopic (exact) mass is 352 g/mol. The molecule has 25 heavy (non-hydrogen) atoms. The summed E-state index contributed by atoms with van der Waals surface area (Å²) in [7, 11) is 0. The van der Waals surface area contributed by atoms with Crippen molar-refractivity contribution in [2.24, 2.45) is 4.99 Å². The predicted molar refractivity (Wildman–Crippen MR) is 84.0 cm³/mol. The van der Waals surface area contributed by atoms with Crippen LogP contribution >= 0.6 is 0 Å². The molecule has 1 heterocycles. The van der Waals surface area contributed by atoms with Crippen LogP contribution in [0.15, 0.2) is 4.99 Å². The van der Waals surface area contributed by atoms with Crippen LogP contribution in [0.1, 0.15) is 19.3 Å². The second-order valence-corrected chi connectivity index (χ2v) is 5.02. The molecule has 0 bridgehead atoms. The van der Waals surface area contributed by atoms with Gasteiger partial charge < -0.3 is 15.4 Å². The topological polar surface area (TPSA) is 144 Å². The van der Waals surface area contributed by atoms with Crippen molar-refractivity contribution in [3.8, 4) is 6.26 Å². The van der Waals surface area contributed by atoms with Crippen molar-refractivity contribution >= 4 is 24.2 Å². The largest absolute Gasteiger partial charge is 0.427 e. The molecule has 0 aromatic heterocycles. The summed E-state index contributed by atoms with van der Waals surface area (Å²) in [6.07, 6.45) is 4.30. The summed E-state index contributed by atoms with van der Waals surface area (Å²) in [5.74, 6) is 0. The van der Waals surface area contributed by atoms with E-state index in [0.29, 0.717) is 38.9 Å². The molecule has 0 radical (unpaired) electrons. The number of imide groups is 2. The minimum Gasteiger partial charge on any atom is -0.427 e. The molecule has 11 heteroatoms. The zero-order chi connectivity index (χ0) is 18.5. The normalized spacial score (nSPS) is 12.8. The van der Waals surface area contributed by atoms with E-state index in [1.807, 2.05) is 0 Å². The molecule has 1 saturated heterocycles. The molecular formula is C14H20N6O5. The number of amides is 6. The van der Waals surface area contributed by atoms with Gasteiger partial charge in [0.1, 0.15) is 6.61 Å². The number of urea groups is 3. The van der Waals surface area contributed by atoms with Gasteiger partial charge in [0.05, 0.1) is 6.54 Å². The summed E-state index contributed by atoms with van der Waals surface area (Å²) in [5.41, 5.74) is 0. The SMILES string of the molecule is N#COCCCN1C(=O)N(CCCNC(=O)NCCCN=C=O)C1=O. The van der Waals surface area contributed by atoms with E-state index in [2.05, 4.69) is 20.4 Å². The fourth-order valence-corrected chi connectivity index (χ4v) is 2.04. The van der Waals surface area contributed by atoms with Crippen LogP contribution in [-0.2, 0) is 9.53 Å². The fraction of sp³-hybridized carbons (Fsp3) is 0.643. The van der Waals surface area contributed by atoms with E-state index in [-0.39, 0.29) is 37.8 Å². The Kier molecular flexibility index (Phi) is 9.10. The van der Waals surface area contributed by atoms with Crippen molar-refractivity contribution in [1.82, 2.24) is 20.4 Å². The van der Waals surface area contributed by atoms with Gasteiger partial charge in [-0.05, 0) is 12.8 Å². The zero-order valence-corrected chi connectivity index (χ0v) is 13.7. The van der Waals surface area contributed by atoms with Gasteiger partial charge in [0.2, 0.25) is 6.08 Å². The van der Waals surface area contributed by atoms with E-state index in [0.717, 1.165) is 9.80 Å². The highest BCUT2D eigenvalue weighted by atomic mass is 16.5. The minimum atomic E-state index is -0.387. The van der Waals surface area contributed by atoms with Crippen LogP contribution in [0.4, 0.5) is 14.4 Å². The van der Waals surface area contributed by atoms with Crippen molar-refractivity contribution in [2.75, 3.05) is 39.3 Å². The number of nitrogens with one attached hydrogen (secondary N) is 2. The molecule has 136 valence electrons. The molecule has 0 aliphatic carbocycles. The van der Waals surface area contributed by atoms with Crippen molar-refractivity contribution in [1.29, 1.82) is 5.26 Å². The molecule has 0 aromatic carbocycles. The van der Waals surface area contributed by atoms with Crippen molar-refractivity contribution in [3.63, 3.8) is 0 Å². The van der Waals surface area contributed by atoms with Crippen LogP contribution in [0.5, 0.6) is 0 Å². The number of nitriles is 1. The molecule has 2 N–H and O–H groups in total. The van der Waals surface area contributed by atoms with Crippen molar-refractivity contribution in [3.05, 3.63) is 0 Å². The molecule has 11 nitrogen and oxygen atoms in total. The van der Waals surface area contributed by atoms with Gasteiger partial charge in [-0.25, -0.2) is 34.0 Å². The third-order valence-electron chi connectivity index (χ3n) is 3.26. The highest BCUT2D eigenvalue weighted by Gasteiger charge is 2.42. The molecule has 0 unspecified atom stereocenters. The van der Waals surface area contributed by atoms with Crippen LogP contribution in [0, 0.1) is 11.5 Å². The van der Waals surface area contributed by atoms with E-state index in [4.69, 9.17) is 5.26 Å². The second-order valence-electron chi connectivity index (χ2n) is 5.02. The third-order valence-corrected chi connectivity index (χ3v) is 3.26. The fourth-order valence-electron chi connectivity index (χ4n) is 2.04. The third kappa shape index (κ3) is 6.88. The number of rotatable bonds is 12. The molecule has 6 amide bonds. The lowest BCUT2D eigenvalue weighted by molar-refractivity contribution is 0.101. The molecular weight excluding hydrogens is 332 g/mol. The Morgan fingerprint density at radius 3 is 2.28 bits per heavy atom. The standard InChI is InChI=1S/C14H20N6O5/c15-10-25-9-3-8-20-13(23)19(14(20)24)7-2-6-18-12(22)17-5-1-4-16-11-21/h1-9H2,(H2,17,18,22). The minimum absolute atomic E-state index is 0.161. The van der Waals surface area contributed by atoms with Gasteiger partial charge in [-0.3, -0.25) is 0 Å². The van der Waals surface area contributed by atoms with Gasteiger partial charge in [-0.2, -0.15) is 5.26 Å². The number of nitrogens with zero attached hydrogens (tertiary/aromatic N) is 4. The van der Waals surface area contributed by atoms with Crippen molar-refractivity contribution in [2.45, 2.75) is 19.3 Å². The van der Waals surface area contributed by atoms with Gasteiger partial charge >= 0.3 is 18.1 Å². The number of hydrogen-bond donors (Lipinski definition) is 2. The summed E-state index contributed by atoms with van der Waals surface area (Å²) in [6.45, 7) is 1.59. The van der Waals surface area contributed by atoms with Gasteiger partial charge in [-0.1, -0.05) is 0 Å². The first-order chi connectivity index (χ1) is 12.1. The molecule has 0 aromatic rings. The molecule has 1 aliphatic rings. The number of isocyanates is 1. The van der Waals surface area contributed by atoms with E-state index in [9.17, 15) is 19.2 Å². The van der Waals surface area contributed by atoms with Crippen LogP contribution < -0.4 is 10.6 Å². The summed E-state index contributed by atoms with van der Waals surface area (Å²) in [4.78, 5) is 50.4. The zero-order valence-electron chi connectivity index (χ0n) is 13.7. The lowest BCUT2D eigenvalue weighted by Gasteiger charge is -2.39. The summed E-state index contributed by atoms with van der Waals surface area (Å²) in [5, 5.41) is 13.4. The summed E-state index contributed by atoms with van der Waals surface area (Å²) in [6, 6.07) is -1.14. The smallest absolute Gasteiger partial charge is 0.336 e. The van der Waals surface area contributed by atoms with Crippen LogP contribution in [0.2, 0.25) is 0 Å². The van der Waals surface area contributed by atoms with Crippen LogP contribution in [-0.4, -0.2) is 73.3 Å². The summed E-state index contributed by atoms with van der Waals surface area (Å²) >= 11 is 0. The Balaban J connectivity index is 2.08. The first-order valence-electron chi connectivity index (χ1n) is 7.81. The highest BCUT2D eigenvalue weighted by molar-refractivity contribution is 6.11. The van der Waals surface area contributed by atoms with E-state index < -0.39 is 0 Å². The number of aliphatic imine (C=N–C) groups is 1. The Labute approximate surface area is 144 Å². The maximum Gasteiger partial charge on any atom is 0.336 e. The number of ether oxygens (including phenoxy) is 1. The molecule has 0 saturated carbocycles. The van der Waals surface area contributed by atoms with E-state index >= 15 is 0 Å². The lowest BCUT2D eigenvalue weighted by Crippen LogP contribution is -2.64. The average molecular weight is 352 g/mol. The van der Waals surface area contributed by atoms with Crippen molar-refractivity contribution < 1.29 is 23.9 Å². The van der Waals surface area contributed by atoms with Crippen LogP contribution in [0.25, 0.3) is 0 Å². The molecule has 1 fully saturated rings. The Hall–Kier alpha value is -3.12. The van der Waals surface area contributed by atoms with E-state index in [1.165, 1.54) is 12.3 Å². The van der Waals surface area contributed by atoms with Crippen LogP contribution in [0.3, 0.4) is 0 Å². The molecule has 0 atom stereocenters. The highest BCUT2D eigenvalue weighted by Crippen LogP contribution is 2.16. The Morgan fingerprint density at radius 1 is 1.08 bits per heavy atom. The molecule has 1 rings (SSSR count). The van der Waals surface area contributed by atoms with Gasteiger partial charge in [-0.15, -0.1) is 0 Å². The first kappa shape index (κ1) is 19.9. The maximum absolute atomic E-state index is 11.8. The van der Waals surface area contributed by atoms with Gasteiger partial charge in [0.15, 0.2) is 0 Å². The van der Waals surface area contributed by atoms with Gasteiger partial charge in [0.25, 0.3) is 6.26 Å². The number of hydrogen-bond acceptors (Lipinski definition) is 7. The maximum atomic E-state index is 11.8. The quantitative estimate of drug-likeness (QED) is 0.221.